The Labute approximate surface area is 56.9 Å². The van der Waals surface area contributed by atoms with E-state index in [4.69, 9.17) is 0 Å². The number of hydrogen-bond acceptors (Lipinski definition) is 2. The Kier molecular flexibility index (Phi) is 3.24. The van der Waals surface area contributed by atoms with Gasteiger partial charge in [-0.1, -0.05) is 0 Å². The molecule has 0 N–H and O–H groups in total. The van der Waals surface area contributed by atoms with E-state index >= 15 is 0 Å². The highest BCUT2D eigenvalue weighted by molar-refractivity contribution is 5.78. The zero-order valence-corrected chi connectivity index (χ0v) is 6.84. The minimum Gasteiger partial charge on any atom is -0.297 e. The Morgan fingerprint density at radius 1 is 1.22 bits per heavy atom. The van der Waals surface area contributed by atoms with Gasteiger partial charge in [-0.15, -0.1) is 0 Å². The lowest BCUT2D eigenvalue weighted by Crippen LogP contribution is -2.36. The van der Waals surface area contributed by atoms with Crippen molar-refractivity contribution in [1.82, 2.24) is 10.0 Å². The Balaban J connectivity index is 3.88. The standard InChI is InChI=1S/C6H15N3/c1-6(7-2)9(5)8(3)4/h1-5H3/b7-6+. The molecule has 54 valence electrons. The molecular weight excluding hydrogens is 114 g/mol. The zero-order chi connectivity index (χ0) is 7.44. The number of hydrogen-bond donors (Lipinski definition) is 0. The summed E-state index contributed by atoms with van der Waals surface area (Å²) in [7, 11) is 7.72. The van der Waals surface area contributed by atoms with Crippen LogP contribution >= 0.6 is 0 Å². The van der Waals surface area contributed by atoms with Gasteiger partial charge in [0.15, 0.2) is 0 Å². The predicted octanol–water partition coefficient (Wildman–Crippen LogP) is 0.443. The fourth-order valence-corrected chi connectivity index (χ4v) is 0.434. The van der Waals surface area contributed by atoms with E-state index in [1.807, 2.05) is 38.1 Å². The van der Waals surface area contributed by atoms with Crippen molar-refractivity contribution >= 4 is 5.84 Å². The van der Waals surface area contributed by atoms with E-state index in [1.165, 1.54) is 0 Å². The Morgan fingerprint density at radius 2 is 1.67 bits per heavy atom. The lowest BCUT2D eigenvalue weighted by Gasteiger charge is -2.25. The van der Waals surface area contributed by atoms with E-state index in [-0.39, 0.29) is 0 Å². The molecular formula is C6H15N3. The molecule has 0 saturated heterocycles. The lowest BCUT2D eigenvalue weighted by atomic mass is 10.6. The molecule has 0 fully saturated rings. The van der Waals surface area contributed by atoms with Gasteiger partial charge in [-0.25, -0.2) is 5.01 Å². The molecule has 9 heavy (non-hydrogen) atoms. The second-order valence-electron chi connectivity index (χ2n) is 2.14. The third kappa shape index (κ3) is 2.46. The van der Waals surface area contributed by atoms with E-state index < -0.39 is 0 Å². The van der Waals surface area contributed by atoms with Crippen molar-refractivity contribution in [3.8, 4) is 0 Å². The molecule has 3 nitrogen and oxygen atoms in total. The van der Waals surface area contributed by atoms with E-state index in [0.29, 0.717) is 0 Å². The molecule has 0 saturated carbocycles. The van der Waals surface area contributed by atoms with Crippen LogP contribution in [0.2, 0.25) is 0 Å². The van der Waals surface area contributed by atoms with Gasteiger partial charge in [0, 0.05) is 28.2 Å². The van der Waals surface area contributed by atoms with Crippen LogP contribution in [0.3, 0.4) is 0 Å². The quantitative estimate of drug-likeness (QED) is 0.291. The Bertz CT molecular complexity index is 107. The Morgan fingerprint density at radius 3 is 1.78 bits per heavy atom. The zero-order valence-electron chi connectivity index (χ0n) is 6.84. The van der Waals surface area contributed by atoms with Crippen LogP contribution in [0.15, 0.2) is 4.99 Å². The largest absolute Gasteiger partial charge is 0.297 e. The summed E-state index contributed by atoms with van der Waals surface area (Å²) >= 11 is 0. The summed E-state index contributed by atoms with van der Waals surface area (Å²) in [6.45, 7) is 1.97. The third-order valence-electron chi connectivity index (χ3n) is 1.39. The van der Waals surface area contributed by atoms with E-state index in [9.17, 15) is 0 Å². The second-order valence-corrected chi connectivity index (χ2v) is 2.14. The van der Waals surface area contributed by atoms with Gasteiger partial charge in [-0.05, 0) is 6.92 Å². The molecule has 0 aliphatic rings. The van der Waals surface area contributed by atoms with Crippen LogP contribution in [0.1, 0.15) is 6.92 Å². The second kappa shape index (κ2) is 3.45. The average Bonchev–Trinajstić information content (AvgIpc) is 1.84. The van der Waals surface area contributed by atoms with Crippen LogP contribution in [0, 0.1) is 0 Å². The van der Waals surface area contributed by atoms with Crippen LogP contribution in [-0.4, -0.2) is 44.0 Å². The number of amidine groups is 1. The molecule has 0 bridgehead atoms. The third-order valence-corrected chi connectivity index (χ3v) is 1.39. The van der Waals surface area contributed by atoms with Crippen LogP contribution < -0.4 is 0 Å². The van der Waals surface area contributed by atoms with Crippen molar-refractivity contribution in [2.75, 3.05) is 28.2 Å². The number of nitrogens with zero attached hydrogens (tertiary/aromatic N) is 3. The summed E-state index contributed by atoms with van der Waals surface area (Å²) in [6.07, 6.45) is 0. The first-order valence-electron chi connectivity index (χ1n) is 2.94. The van der Waals surface area contributed by atoms with Gasteiger partial charge in [0.25, 0.3) is 0 Å². The van der Waals surface area contributed by atoms with Gasteiger partial charge >= 0.3 is 0 Å². The smallest absolute Gasteiger partial charge is 0.109 e. The minimum absolute atomic E-state index is 1.01. The monoisotopic (exact) mass is 129 g/mol. The normalized spacial score (nSPS) is 12.4. The molecule has 0 aromatic heterocycles. The maximum absolute atomic E-state index is 4.01. The Hall–Kier alpha value is -0.570. The summed E-state index contributed by atoms with van der Waals surface area (Å²) in [5, 5.41) is 3.95. The summed E-state index contributed by atoms with van der Waals surface area (Å²) in [5.41, 5.74) is 0. The van der Waals surface area contributed by atoms with Gasteiger partial charge in [0.2, 0.25) is 0 Å². The predicted molar refractivity (Wildman–Crippen MR) is 40.5 cm³/mol. The molecule has 0 amide bonds. The van der Waals surface area contributed by atoms with Crippen molar-refractivity contribution in [2.24, 2.45) is 4.99 Å². The molecule has 0 aromatic carbocycles. The van der Waals surface area contributed by atoms with Crippen LogP contribution in [0.25, 0.3) is 0 Å². The fraction of sp³-hybridized carbons (Fsp3) is 0.833. The van der Waals surface area contributed by atoms with Gasteiger partial charge in [0.05, 0.1) is 0 Å². The molecule has 0 rings (SSSR count). The molecule has 0 aliphatic heterocycles. The summed E-state index contributed by atoms with van der Waals surface area (Å²) in [6, 6.07) is 0. The van der Waals surface area contributed by atoms with Gasteiger partial charge in [0.1, 0.15) is 5.84 Å². The molecule has 0 unspecified atom stereocenters. The molecule has 0 aliphatic carbocycles. The summed E-state index contributed by atoms with van der Waals surface area (Å²) < 4.78 is 0. The maximum Gasteiger partial charge on any atom is 0.109 e. The van der Waals surface area contributed by atoms with Crippen LogP contribution in [-0.2, 0) is 0 Å². The fourth-order valence-electron chi connectivity index (χ4n) is 0.434. The van der Waals surface area contributed by atoms with Crippen molar-refractivity contribution in [3.63, 3.8) is 0 Å². The SMILES string of the molecule is C/N=C(\C)N(C)N(C)C. The molecule has 0 heterocycles. The molecule has 0 aromatic rings. The number of hydrazine groups is 1. The summed E-state index contributed by atoms with van der Waals surface area (Å²) in [4.78, 5) is 4.01. The highest BCUT2D eigenvalue weighted by Gasteiger charge is 1.98. The van der Waals surface area contributed by atoms with E-state index in [2.05, 4.69) is 4.99 Å². The topological polar surface area (TPSA) is 18.8 Å². The number of rotatable bonds is 1. The first-order valence-corrected chi connectivity index (χ1v) is 2.94. The maximum atomic E-state index is 4.01. The highest BCUT2D eigenvalue weighted by Crippen LogP contribution is 1.87. The van der Waals surface area contributed by atoms with Crippen molar-refractivity contribution in [1.29, 1.82) is 0 Å². The van der Waals surface area contributed by atoms with E-state index in [0.717, 1.165) is 5.84 Å². The lowest BCUT2D eigenvalue weighted by molar-refractivity contribution is 0.143. The summed E-state index contributed by atoms with van der Waals surface area (Å²) in [5.74, 6) is 1.01. The molecule has 0 spiro atoms. The van der Waals surface area contributed by atoms with Gasteiger partial charge < -0.3 is 0 Å². The minimum atomic E-state index is 1.01. The first kappa shape index (κ1) is 8.43. The van der Waals surface area contributed by atoms with Crippen molar-refractivity contribution in [3.05, 3.63) is 0 Å². The van der Waals surface area contributed by atoms with Crippen molar-refractivity contribution in [2.45, 2.75) is 6.92 Å². The highest BCUT2D eigenvalue weighted by atomic mass is 15.6. The average molecular weight is 129 g/mol. The van der Waals surface area contributed by atoms with Gasteiger partial charge in [-0.3, -0.25) is 10.0 Å². The first-order chi connectivity index (χ1) is 4.09. The van der Waals surface area contributed by atoms with Gasteiger partial charge in [-0.2, -0.15) is 0 Å². The molecule has 0 atom stereocenters. The van der Waals surface area contributed by atoms with Crippen LogP contribution in [0.4, 0.5) is 0 Å². The van der Waals surface area contributed by atoms with Crippen LogP contribution in [0.5, 0.6) is 0 Å². The molecule has 0 radical (unpaired) electrons. The van der Waals surface area contributed by atoms with E-state index in [1.54, 1.807) is 7.05 Å². The number of aliphatic imine (C=N–C) groups is 1. The molecule has 3 heteroatoms. The van der Waals surface area contributed by atoms with Crippen molar-refractivity contribution < 1.29 is 0 Å².